The van der Waals surface area contributed by atoms with Gasteiger partial charge in [-0.3, -0.25) is 4.57 Å². The first-order valence-electron chi connectivity index (χ1n) is 8.99. The molecule has 3 rings (SSSR count). The van der Waals surface area contributed by atoms with E-state index in [9.17, 15) is 4.57 Å². The van der Waals surface area contributed by atoms with E-state index in [1.54, 1.807) is 18.4 Å². The van der Waals surface area contributed by atoms with Crippen LogP contribution in [-0.2, 0) is 19.8 Å². The van der Waals surface area contributed by atoms with E-state index in [0.29, 0.717) is 24.7 Å². The first kappa shape index (κ1) is 18.3. The van der Waals surface area contributed by atoms with Gasteiger partial charge < -0.3 is 13.9 Å². The molecule has 8 nitrogen and oxygen atoms in total. The fourth-order valence-corrected chi connectivity index (χ4v) is 4.67. The third-order valence-electron chi connectivity index (χ3n) is 4.23. The van der Waals surface area contributed by atoms with E-state index in [-0.39, 0.29) is 6.16 Å². The summed E-state index contributed by atoms with van der Waals surface area (Å²) in [7, 11) is -3.24. The SMILES string of the molecule is CCOP(=O)(Cc1nnc2ccc(N3CCCCCC3)nn12)OCC. The van der Waals surface area contributed by atoms with E-state index >= 15 is 0 Å². The number of nitrogens with zero attached hydrogens (tertiary/aromatic N) is 5. The third-order valence-corrected chi connectivity index (χ3v) is 6.20. The van der Waals surface area contributed by atoms with Gasteiger partial charge in [0.05, 0.1) is 13.2 Å². The molecular formula is C16H26N5O3P. The van der Waals surface area contributed by atoms with E-state index in [4.69, 9.17) is 14.1 Å². The molecule has 0 saturated carbocycles. The molecule has 25 heavy (non-hydrogen) atoms. The van der Waals surface area contributed by atoms with Crippen molar-refractivity contribution in [3.05, 3.63) is 18.0 Å². The highest BCUT2D eigenvalue weighted by Gasteiger charge is 2.27. The normalized spacial score (nSPS) is 16.3. The fourth-order valence-electron chi connectivity index (χ4n) is 3.09. The zero-order valence-corrected chi connectivity index (χ0v) is 15.8. The Labute approximate surface area is 148 Å². The van der Waals surface area contributed by atoms with Crippen molar-refractivity contribution in [1.29, 1.82) is 0 Å². The van der Waals surface area contributed by atoms with Crippen LogP contribution >= 0.6 is 7.60 Å². The summed E-state index contributed by atoms with van der Waals surface area (Å²) in [6, 6.07) is 3.87. The topological polar surface area (TPSA) is 81.9 Å². The Morgan fingerprint density at radius 3 is 2.36 bits per heavy atom. The average molecular weight is 367 g/mol. The summed E-state index contributed by atoms with van der Waals surface area (Å²) in [5.41, 5.74) is 0.633. The highest BCUT2D eigenvalue weighted by atomic mass is 31.2. The quantitative estimate of drug-likeness (QED) is 0.695. The maximum Gasteiger partial charge on any atom is 0.338 e. The van der Waals surface area contributed by atoms with E-state index < -0.39 is 7.60 Å². The Bertz CT molecular complexity index is 732. The van der Waals surface area contributed by atoms with Crippen LogP contribution in [0.25, 0.3) is 5.65 Å². The Hall–Kier alpha value is -1.50. The van der Waals surface area contributed by atoms with Crippen LogP contribution in [0.1, 0.15) is 45.4 Å². The van der Waals surface area contributed by atoms with Gasteiger partial charge in [-0.25, -0.2) is 0 Å². The van der Waals surface area contributed by atoms with Crippen molar-refractivity contribution in [3.63, 3.8) is 0 Å². The van der Waals surface area contributed by atoms with Crippen molar-refractivity contribution in [1.82, 2.24) is 19.8 Å². The molecule has 1 aliphatic rings. The van der Waals surface area contributed by atoms with Gasteiger partial charge in [-0.1, -0.05) is 12.8 Å². The van der Waals surface area contributed by atoms with Gasteiger partial charge in [0.15, 0.2) is 11.5 Å². The lowest BCUT2D eigenvalue weighted by molar-refractivity contribution is 0.218. The molecule has 0 spiro atoms. The first-order chi connectivity index (χ1) is 12.1. The summed E-state index contributed by atoms with van der Waals surface area (Å²) >= 11 is 0. The van der Waals surface area contributed by atoms with E-state index in [2.05, 4.69) is 15.1 Å². The predicted octanol–water partition coefficient (Wildman–Crippen LogP) is 3.27. The fraction of sp³-hybridized carbons (Fsp3) is 0.688. The molecule has 0 aromatic carbocycles. The van der Waals surface area contributed by atoms with Crippen LogP contribution < -0.4 is 4.90 Å². The molecular weight excluding hydrogens is 341 g/mol. The van der Waals surface area contributed by atoms with Gasteiger partial charge in [-0.2, -0.15) is 4.52 Å². The monoisotopic (exact) mass is 367 g/mol. The lowest BCUT2D eigenvalue weighted by Crippen LogP contribution is -2.25. The van der Waals surface area contributed by atoms with Gasteiger partial charge in [0, 0.05) is 13.1 Å². The van der Waals surface area contributed by atoms with Crippen molar-refractivity contribution in [2.24, 2.45) is 0 Å². The van der Waals surface area contributed by atoms with Crippen LogP contribution in [0.4, 0.5) is 5.82 Å². The largest absolute Gasteiger partial charge is 0.355 e. The number of hydrogen-bond donors (Lipinski definition) is 0. The minimum Gasteiger partial charge on any atom is -0.355 e. The number of fused-ring (bicyclic) bond motifs is 1. The van der Waals surface area contributed by atoms with Gasteiger partial charge in [0.25, 0.3) is 0 Å². The molecule has 1 fully saturated rings. The van der Waals surface area contributed by atoms with Crippen molar-refractivity contribution in [2.45, 2.75) is 45.7 Å². The minimum atomic E-state index is -3.24. The molecule has 1 aliphatic heterocycles. The van der Waals surface area contributed by atoms with Gasteiger partial charge >= 0.3 is 7.60 Å². The average Bonchev–Trinajstić information content (AvgIpc) is 2.81. The van der Waals surface area contributed by atoms with Crippen LogP contribution in [0, 0.1) is 0 Å². The number of aromatic nitrogens is 4. The molecule has 3 heterocycles. The Morgan fingerprint density at radius 2 is 1.72 bits per heavy atom. The summed E-state index contributed by atoms with van der Waals surface area (Å²) in [5, 5.41) is 13.0. The van der Waals surface area contributed by atoms with Gasteiger partial charge in [0.1, 0.15) is 12.0 Å². The van der Waals surface area contributed by atoms with Crippen molar-refractivity contribution in [2.75, 3.05) is 31.2 Å². The molecule has 0 atom stereocenters. The lowest BCUT2D eigenvalue weighted by Gasteiger charge is -2.21. The molecule has 0 aliphatic carbocycles. The Balaban J connectivity index is 1.88. The molecule has 0 N–H and O–H groups in total. The van der Waals surface area contributed by atoms with Crippen molar-refractivity contribution in [3.8, 4) is 0 Å². The van der Waals surface area contributed by atoms with Gasteiger partial charge in [-0.15, -0.1) is 15.3 Å². The maximum absolute atomic E-state index is 12.8. The molecule has 9 heteroatoms. The standard InChI is InChI=1S/C16H26N5O3P/c1-3-23-25(22,24-4-2)13-16-18-17-14-9-10-15(19-21(14)16)20-11-7-5-6-8-12-20/h9-10H,3-8,11-13H2,1-2H3. The second-order valence-electron chi connectivity index (χ2n) is 6.08. The molecule has 0 radical (unpaired) electrons. The van der Waals surface area contributed by atoms with Gasteiger partial charge in [0.2, 0.25) is 0 Å². The van der Waals surface area contributed by atoms with Gasteiger partial charge in [-0.05, 0) is 38.8 Å². The number of hydrogen-bond acceptors (Lipinski definition) is 7. The van der Waals surface area contributed by atoms with E-state index in [1.165, 1.54) is 25.7 Å². The highest BCUT2D eigenvalue weighted by molar-refractivity contribution is 7.53. The zero-order chi connectivity index (χ0) is 17.7. The summed E-state index contributed by atoms with van der Waals surface area (Å²) in [6.45, 7) is 6.24. The molecule has 2 aromatic heterocycles. The zero-order valence-electron chi connectivity index (χ0n) is 14.9. The molecule has 0 bridgehead atoms. The Kier molecular flexibility index (Phi) is 6.04. The molecule has 2 aromatic rings. The molecule has 0 amide bonds. The molecule has 0 unspecified atom stereocenters. The van der Waals surface area contributed by atoms with Crippen LogP contribution in [0.5, 0.6) is 0 Å². The summed E-state index contributed by atoms with van der Waals surface area (Å²) in [4.78, 5) is 2.29. The molecule has 138 valence electrons. The lowest BCUT2D eigenvalue weighted by atomic mass is 10.2. The first-order valence-corrected chi connectivity index (χ1v) is 10.7. The number of anilines is 1. The smallest absolute Gasteiger partial charge is 0.338 e. The number of rotatable bonds is 7. The van der Waals surface area contributed by atoms with Crippen LogP contribution in [0.3, 0.4) is 0 Å². The second kappa shape index (κ2) is 8.25. The van der Waals surface area contributed by atoms with E-state index in [1.807, 2.05) is 12.1 Å². The van der Waals surface area contributed by atoms with Crippen LogP contribution in [0.2, 0.25) is 0 Å². The van der Waals surface area contributed by atoms with Crippen molar-refractivity contribution < 1.29 is 13.6 Å². The molecule has 1 saturated heterocycles. The summed E-state index contributed by atoms with van der Waals surface area (Å²) in [6.07, 6.45) is 4.95. The Morgan fingerprint density at radius 1 is 1.04 bits per heavy atom. The third kappa shape index (κ3) is 4.37. The van der Waals surface area contributed by atoms with Crippen LogP contribution in [-0.4, -0.2) is 46.1 Å². The second-order valence-corrected chi connectivity index (χ2v) is 8.14. The summed E-state index contributed by atoms with van der Waals surface area (Å²) in [5.74, 6) is 1.40. The van der Waals surface area contributed by atoms with Crippen molar-refractivity contribution >= 4 is 19.1 Å². The maximum atomic E-state index is 12.8. The van der Waals surface area contributed by atoms with E-state index in [0.717, 1.165) is 18.9 Å². The highest BCUT2D eigenvalue weighted by Crippen LogP contribution is 2.50. The van der Waals surface area contributed by atoms with Crippen LogP contribution in [0.15, 0.2) is 12.1 Å². The predicted molar refractivity (Wildman–Crippen MR) is 96.0 cm³/mol. The minimum absolute atomic E-state index is 0.0618. The summed E-state index contributed by atoms with van der Waals surface area (Å²) < 4.78 is 25.2.